The molecule has 0 fully saturated rings. The van der Waals surface area contributed by atoms with Gasteiger partial charge in [-0.05, 0) is 35.9 Å². The largest absolute Gasteiger partial charge is 0.453 e. The van der Waals surface area contributed by atoms with Gasteiger partial charge in [-0.25, -0.2) is 0 Å². The molecule has 3 heterocycles. The van der Waals surface area contributed by atoms with Crippen molar-refractivity contribution >= 4 is 65.6 Å². The van der Waals surface area contributed by atoms with Crippen molar-refractivity contribution in [3.8, 4) is 28.6 Å². The molecule has 0 radical (unpaired) electrons. The van der Waals surface area contributed by atoms with E-state index in [4.69, 9.17) is 4.42 Å². The number of furan rings is 1. The SMILES string of the molecule is N#Cc1cc2c(oc3c(-c4ccccc4)cccc32)c(-n2c3ccccc3c3ccccc32)c1-n1c2ccccc2c2ccccc21. The Balaban J connectivity index is 1.48. The molecule has 7 aromatic carbocycles. The predicted octanol–water partition coefficient (Wildman–Crippen LogP) is 11.3. The number of hydrogen-bond acceptors (Lipinski definition) is 2. The molecular weight excluding hydrogens is 574 g/mol. The van der Waals surface area contributed by atoms with E-state index in [-0.39, 0.29) is 0 Å². The summed E-state index contributed by atoms with van der Waals surface area (Å²) < 4.78 is 11.7. The summed E-state index contributed by atoms with van der Waals surface area (Å²) in [6.45, 7) is 0. The van der Waals surface area contributed by atoms with Crippen LogP contribution in [0.25, 0.3) is 88.1 Å². The molecular formula is C43H25N3O. The summed E-state index contributed by atoms with van der Waals surface area (Å²) in [6.07, 6.45) is 0. The van der Waals surface area contributed by atoms with Gasteiger partial charge in [0.25, 0.3) is 0 Å². The lowest BCUT2D eigenvalue weighted by Crippen LogP contribution is -2.06. The fraction of sp³-hybridized carbons (Fsp3) is 0. The Kier molecular flexibility index (Phi) is 5.32. The number of fused-ring (bicyclic) bond motifs is 9. The smallest absolute Gasteiger partial charge is 0.161 e. The number of nitrogens with zero attached hydrogens (tertiary/aromatic N) is 3. The second-order valence-electron chi connectivity index (χ2n) is 12.0. The first kappa shape index (κ1) is 25.7. The minimum atomic E-state index is 0.577. The Morgan fingerprint density at radius 3 is 1.43 bits per heavy atom. The number of aromatic nitrogens is 2. The van der Waals surface area contributed by atoms with Gasteiger partial charge in [0.15, 0.2) is 5.58 Å². The Hall–Kier alpha value is -6.57. The average Bonchev–Trinajstić information content (AvgIpc) is 3.79. The lowest BCUT2D eigenvalue weighted by Gasteiger charge is -2.18. The molecule has 0 aliphatic heterocycles. The van der Waals surface area contributed by atoms with Gasteiger partial charge in [0.1, 0.15) is 17.3 Å². The highest BCUT2D eigenvalue weighted by molar-refractivity contribution is 6.17. The van der Waals surface area contributed by atoms with Gasteiger partial charge in [-0.1, -0.05) is 121 Å². The number of hydrogen-bond donors (Lipinski definition) is 0. The van der Waals surface area contributed by atoms with Crippen LogP contribution in [0, 0.1) is 11.3 Å². The predicted molar refractivity (Wildman–Crippen MR) is 193 cm³/mol. The first-order valence-electron chi connectivity index (χ1n) is 15.8. The quantitative estimate of drug-likeness (QED) is 0.203. The van der Waals surface area contributed by atoms with Gasteiger partial charge in [0.2, 0.25) is 0 Å². The van der Waals surface area contributed by atoms with Crippen molar-refractivity contribution in [2.45, 2.75) is 0 Å². The maximum atomic E-state index is 11.0. The van der Waals surface area contributed by atoms with Crippen LogP contribution in [0.2, 0.25) is 0 Å². The molecule has 0 N–H and O–H groups in total. The minimum Gasteiger partial charge on any atom is -0.453 e. The van der Waals surface area contributed by atoms with E-state index in [1.54, 1.807) is 0 Å². The van der Waals surface area contributed by atoms with Crippen LogP contribution >= 0.6 is 0 Å². The van der Waals surface area contributed by atoms with Crippen LogP contribution in [-0.2, 0) is 0 Å². The molecule has 0 saturated carbocycles. The van der Waals surface area contributed by atoms with Crippen LogP contribution < -0.4 is 0 Å². The van der Waals surface area contributed by atoms with Crippen LogP contribution in [-0.4, -0.2) is 9.13 Å². The Bertz CT molecular complexity index is 2810. The molecule has 0 bridgehead atoms. The molecule has 4 heteroatoms. The summed E-state index contributed by atoms with van der Waals surface area (Å²) in [6, 6.07) is 55.2. The molecule has 10 rings (SSSR count). The fourth-order valence-corrected chi connectivity index (χ4v) is 7.60. The standard InChI is InChI=1S/C43H25N3O/c44-26-28-25-35-34-20-12-19-29(27-13-2-1-3-14-27)42(34)47-43(35)41(46-38-23-10-6-17-32(38)33-18-7-11-24-39(33)46)40(28)45-36-21-8-4-15-30(36)31-16-5-9-22-37(31)45/h1-25H. The second-order valence-corrected chi connectivity index (χ2v) is 12.0. The van der Waals surface area contributed by atoms with Crippen molar-refractivity contribution in [2.24, 2.45) is 0 Å². The highest BCUT2D eigenvalue weighted by Crippen LogP contribution is 2.46. The third kappa shape index (κ3) is 3.51. The van der Waals surface area contributed by atoms with Gasteiger partial charge in [-0.2, -0.15) is 5.26 Å². The molecule has 0 aliphatic carbocycles. The second kappa shape index (κ2) is 9.71. The van der Waals surface area contributed by atoms with Crippen molar-refractivity contribution in [3.63, 3.8) is 0 Å². The van der Waals surface area contributed by atoms with Gasteiger partial charge in [0.05, 0.1) is 33.3 Å². The van der Waals surface area contributed by atoms with Crippen LogP contribution in [0.4, 0.5) is 0 Å². The molecule has 0 atom stereocenters. The molecule has 4 nitrogen and oxygen atoms in total. The van der Waals surface area contributed by atoms with E-state index in [2.05, 4.69) is 155 Å². The van der Waals surface area contributed by atoms with E-state index in [1.807, 2.05) is 12.1 Å². The summed E-state index contributed by atoms with van der Waals surface area (Å²) in [5.74, 6) is 0. The number of benzene rings is 7. The normalized spacial score (nSPS) is 11.8. The van der Waals surface area contributed by atoms with Crippen molar-refractivity contribution in [1.29, 1.82) is 5.26 Å². The fourth-order valence-electron chi connectivity index (χ4n) is 7.60. The van der Waals surface area contributed by atoms with Crippen molar-refractivity contribution in [1.82, 2.24) is 9.13 Å². The highest BCUT2D eigenvalue weighted by Gasteiger charge is 2.27. The van der Waals surface area contributed by atoms with E-state index in [0.717, 1.165) is 88.1 Å². The van der Waals surface area contributed by atoms with Crippen molar-refractivity contribution in [3.05, 3.63) is 157 Å². The first-order valence-corrected chi connectivity index (χ1v) is 15.8. The maximum Gasteiger partial charge on any atom is 0.161 e. The Labute approximate surface area is 269 Å². The molecule has 0 aliphatic rings. The van der Waals surface area contributed by atoms with Gasteiger partial charge in [0, 0.05) is 37.9 Å². The van der Waals surface area contributed by atoms with Gasteiger partial charge in [-0.3, -0.25) is 0 Å². The summed E-state index contributed by atoms with van der Waals surface area (Å²) in [5.41, 5.74) is 10.0. The number of para-hydroxylation sites is 5. The molecule has 47 heavy (non-hydrogen) atoms. The molecule has 10 aromatic rings. The summed E-state index contributed by atoms with van der Waals surface area (Å²) >= 11 is 0. The molecule has 0 amide bonds. The highest BCUT2D eigenvalue weighted by atomic mass is 16.3. The van der Waals surface area contributed by atoms with Crippen LogP contribution in [0.5, 0.6) is 0 Å². The third-order valence-corrected chi connectivity index (χ3v) is 9.55. The Morgan fingerprint density at radius 2 is 0.894 bits per heavy atom. The average molecular weight is 600 g/mol. The first-order chi connectivity index (χ1) is 23.3. The van der Waals surface area contributed by atoms with Gasteiger partial charge < -0.3 is 13.6 Å². The van der Waals surface area contributed by atoms with E-state index in [9.17, 15) is 5.26 Å². The van der Waals surface area contributed by atoms with E-state index < -0.39 is 0 Å². The molecule has 3 aromatic heterocycles. The maximum absolute atomic E-state index is 11.0. The van der Waals surface area contributed by atoms with Gasteiger partial charge in [-0.15, -0.1) is 0 Å². The topological polar surface area (TPSA) is 46.8 Å². The number of nitriles is 1. The summed E-state index contributed by atoms with van der Waals surface area (Å²) in [4.78, 5) is 0. The molecule has 218 valence electrons. The van der Waals surface area contributed by atoms with Crippen molar-refractivity contribution in [2.75, 3.05) is 0 Å². The van der Waals surface area contributed by atoms with Crippen LogP contribution in [0.1, 0.15) is 5.56 Å². The summed E-state index contributed by atoms with van der Waals surface area (Å²) in [5, 5.41) is 17.5. The molecule has 0 spiro atoms. The Morgan fingerprint density at radius 1 is 0.426 bits per heavy atom. The van der Waals surface area contributed by atoms with Crippen LogP contribution in [0.15, 0.2) is 156 Å². The molecule has 0 unspecified atom stereocenters. The van der Waals surface area contributed by atoms with Crippen LogP contribution in [0.3, 0.4) is 0 Å². The zero-order chi connectivity index (χ0) is 31.1. The van der Waals surface area contributed by atoms with Crippen molar-refractivity contribution < 1.29 is 4.42 Å². The van der Waals surface area contributed by atoms with E-state index in [0.29, 0.717) is 5.56 Å². The summed E-state index contributed by atoms with van der Waals surface area (Å²) in [7, 11) is 0. The van der Waals surface area contributed by atoms with E-state index in [1.165, 1.54) is 0 Å². The van der Waals surface area contributed by atoms with E-state index >= 15 is 0 Å². The molecule has 0 saturated heterocycles. The monoisotopic (exact) mass is 599 g/mol. The minimum absolute atomic E-state index is 0.577. The lowest BCUT2D eigenvalue weighted by molar-refractivity contribution is 0.667. The number of rotatable bonds is 3. The zero-order valence-corrected chi connectivity index (χ0v) is 25.2. The third-order valence-electron chi connectivity index (χ3n) is 9.55. The van der Waals surface area contributed by atoms with Gasteiger partial charge >= 0.3 is 0 Å². The zero-order valence-electron chi connectivity index (χ0n) is 25.2. The lowest BCUT2D eigenvalue weighted by atomic mass is 10.0.